The average molecular weight is 365 g/mol. The zero-order valence-electron chi connectivity index (χ0n) is 9.50. The molecule has 1 aromatic heterocycles. The molecule has 2 rings (SSSR count). The Morgan fingerprint density at radius 1 is 1.11 bits per heavy atom. The Morgan fingerprint density at radius 3 is 2.50 bits per heavy atom. The molecule has 1 aromatic carbocycles. The molecule has 1 unspecified atom stereocenters. The molecule has 0 bridgehead atoms. The number of benzene rings is 1. The lowest BCUT2D eigenvalue weighted by atomic mass is 10.0. The summed E-state index contributed by atoms with van der Waals surface area (Å²) in [5.41, 5.74) is 7.27. The van der Waals surface area contributed by atoms with Crippen LogP contribution < -0.4 is 5.73 Å². The third kappa shape index (κ3) is 3.97. The molecule has 0 spiro atoms. The van der Waals surface area contributed by atoms with E-state index in [9.17, 15) is 0 Å². The lowest BCUT2D eigenvalue weighted by Crippen LogP contribution is -2.25. The van der Waals surface area contributed by atoms with Gasteiger partial charge in [-0.25, -0.2) is 0 Å². The molecule has 0 fully saturated rings. The first kappa shape index (κ1) is 14.4. The summed E-state index contributed by atoms with van der Waals surface area (Å²) in [5.74, 6) is 0. The van der Waals surface area contributed by atoms with Crippen molar-refractivity contribution in [3.63, 3.8) is 0 Å². The number of hydrogen-bond acceptors (Lipinski definition) is 2. The maximum absolute atomic E-state index is 6.15. The van der Waals surface area contributed by atoms with Gasteiger partial charge in [0.05, 0.1) is 13.8 Å². The summed E-state index contributed by atoms with van der Waals surface area (Å²) in [6, 6.07) is 9.91. The highest BCUT2D eigenvalue weighted by Gasteiger charge is 2.08. The van der Waals surface area contributed by atoms with Crippen LogP contribution in [0.1, 0.15) is 10.4 Å². The molecule has 0 aliphatic rings. The van der Waals surface area contributed by atoms with Gasteiger partial charge in [0.15, 0.2) is 0 Å². The maximum Gasteiger partial charge on any atom is 0.0701 e. The summed E-state index contributed by atoms with van der Waals surface area (Å²) in [5, 5.41) is 1.16. The Balaban J connectivity index is 1.98. The fourth-order valence-electron chi connectivity index (χ4n) is 1.76. The van der Waals surface area contributed by atoms with Gasteiger partial charge < -0.3 is 5.73 Å². The summed E-state index contributed by atoms with van der Waals surface area (Å²) in [6.45, 7) is 0. The number of rotatable bonds is 4. The van der Waals surface area contributed by atoms with E-state index in [0.29, 0.717) is 10.0 Å². The molecule has 0 saturated heterocycles. The van der Waals surface area contributed by atoms with E-state index in [1.165, 1.54) is 4.88 Å². The SMILES string of the molecule is NC(Cc1ccc(Cl)c(Cl)c1)Cc1ccc(Br)s1. The van der Waals surface area contributed by atoms with E-state index in [4.69, 9.17) is 28.9 Å². The van der Waals surface area contributed by atoms with Crippen molar-refractivity contribution < 1.29 is 0 Å². The Morgan fingerprint density at radius 2 is 1.89 bits per heavy atom. The van der Waals surface area contributed by atoms with Crippen LogP contribution in [0.5, 0.6) is 0 Å². The van der Waals surface area contributed by atoms with Gasteiger partial charge in [0.25, 0.3) is 0 Å². The number of halogens is 3. The van der Waals surface area contributed by atoms with E-state index < -0.39 is 0 Å². The van der Waals surface area contributed by atoms with E-state index in [0.717, 1.165) is 22.2 Å². The zero-order chi connectivity index (χ0) is 13.1. The molecule has 0 aliphatic heterocycles. The van der Waals surface area contributed by atoms with Crippen LogP contribution in [0.15, 0.2) is 34.1 Å². The second-order valence-electron chi connectivity index (χ2n) is 4.12. The quantitative estimate of drug-likeness (QED) is 0.817. The maximum atomic E-state index is 6.15. The molecule has 0 radical (unpaired) electrons. The fraction of sp³-hybridized carbons (Fsp3) is 0.231. The van der Waals surface area contributed by atoms with Crippen LogP contribution in [0, 0.1) is 0 Å². The first-order valence-electron chi connectivity index (χ1n) is 5.48. The largest absolute Gasteiger partial charge is 0.327 e. The molecular formula is C13H12BrCl2NS. The van der Waals surface area contributed by atoms with Crippen LogP contribution in [-0.4, -0.2) is 6.04 Å². The molecule has 2 aromatic rings. The van der Waals surface area contributed by atoms with E-state index in [1.54, 1.807) is 11.3 Å². The second kappa shape index (κ2) is 6.40. The van der Waals surface area contributed by atoms with Gasteiger partial charge in [0.1, 0.15) is 0 Å². The molecule has 0 saturated carbocycles. The minimum atomic E-state index is 0.0905. The molecule has 2 N–H and O–H groups in total. The third-order valence-corrected chi connectivity index (χ3v) is 4.96. The topological polar surface area (TPSA) is 26.0 Å². The Kier molecular flexibility index (Phi) is 5.10. The summed E-state index contributed by atoms with van der Waals surface area (Å²) < 4.78 is 1.14. The van der Waals surface area contributed by atoms with Crippen molar-refractivity contribution in [3.8, 4) is 0 Å². The molecule has 5 heteroatoms. The highest BCUT2D eigenvalue weighted by molar-refractivity contribution is 9.11. The second-order valence-corrected chi connectivity index (χ2v) is 7.48. The minimum Gasteiger partial charge on any atom is -0.327 e. The monoisotopic (exact) mass is 363 g/mol. The molecular weight excluding hydrogens is 353 g/mol. The molecule has 1 nitrogen and oxygen atoms in total. The predicted molar refractivity (Wildman–Crippen MR) is 83.9 cm³/mol. The van der Waals surface area contributed by atoms with Gasteiger partial charge in [-0.2, -0.15) is 0 Å². The highest BCUT2D eigenvalue weighted by atomic mass is 79.9. The van der Waals surface area contributed by atoms with Crippen LogP contribution in [0.4, 0.5) is 0 Å². The normalized spacial score (nSPS) is 12.7. The lowest BCUT2D eigenvalue weighted by Gasteiger charge is -2.11. The van der Waals surface area contributed by atoms with E-state index in [2.05, 4.69) is 22.0 Å². The Labute approximate surface area is 129 Å². The van der Waals surface area contributed by atoms with Crippen molar-refractivity contribution >= 4 is 50.5 Å². The molecule has 0 amide bonds. The lowest BCUT2D eigenvalue weighted by molar-refractivity contribution is 0.671. The fourth-order valence-corrected chi connectivity index (χ4v) is 3.66. The van der Waals surface area contributed by atoms with Crippen molar-refractivity contribution in [2.24, 2.45) is 5.73 Å². The first-order valence-corrected chi connectivity index (χ1v) is 7.85. The standard InChI is InChI=1S/C13H12BrCl2NS/c14-13-4-2-10(18-13)7-9(17)5-8-1-3-11(15)12(16)6-8/h1-4,6,9H,5,7,17H2. The van der Waals surface area contributed by atoms with Crippen LogP contribution in [0.25, 0.3) is 0 Å². The number of thiophene rings is 1. The van der Waals surface area contributed by atoms with E-state index >= 15 is 0 Å². The van der Waals surface area contributed by atoms with Gasteiger partial charge in [-0.3, -0.25) is 0 Å². The number of nitrogens with two attached hydrogens (primary N) is 1. The summed E-state index contributed by atoms with van der Waals surface area (Å²) in [7, 11) is 0. The zero-order valence-corrected chi connectivity index (χ0v) is 13.4. The molecule has 18 heavy (non-hydrogen) atoms. The third-order valence-electron chi connectivity index (χ3n) is 2.57. The Hall–Kier alpha value is -0.0600. The van der Waals surface area contributed by atoms with Gasteiger partial charge >= 0.3 is 0 Å². The van der Waals surface area contributed by atoms with Crippen molar-refractivity contribution in [1.82, 2.24) is 0 Å². The van der Waals surface area contributed by atoms with Crippen LogP contribution >= 0.6 is 50.5 Å². The first-order chi connectivity index (χ1) is 8.54. The van der Waals surface area contributed by atoms with Crippen LogP contribution in [0.3, 0.4) is 0 Å². The van der Waals surface area contributed by atoms with Gasteiger partial charge in [0, 0.05) is 10.9 Å². The minimum absolute atomic E-state index is 0.0905. The van der Waals surface area contributed by atoms with Crippen molar-refractivity contribution in [2.75, 3.05) is 0 Å². The van der Waals surface area contributed by atoms with Crippen LogP contribution in [-0.2, 0) is 12.8 Å². The smallest absolute Gasteiger partial charge is 0.0701 e. The van der Waals surface area contributed by atoms with Gasteiger partial charge in [0.2, 0.25) is 0 Å². The average Bonchev–Trinajstić information content (AvgIpc) is 2.69. The summed E-state index contributed by atoms with van der Waals surface area (Å²) in [6.07, 6.45) is 1.67. The van der Waals surface area contributed by atoms with Gasteiger partial charge in [-0.05, 0) is 58.6 Å². The molecule has 1 heterocycles. The van der Waals surface area contributed by atoms with Crippen LogP contribution in [0.2, 0.25) is 10.0 Å². The van der Waals surface area contributed by atoms with Gasteiger partial charge in [-0.15, -0.1) is 11.3 Å². The van der Waals surface area contributed by atoms with Gasteiger partial charge in [-0.1, -0.05) is 29.3 Å². The predicted octanol–water partition coefficient (Wildman–Crippen LogP) is 4.93. The Bertz CT molecular complexity index is 542. The summed E-state index contributed by atoms with van der Waals surface area (Å²) in [4.78, 5) is 1.29. The van der Waals surface area contributed by atoms with Crippen molar-refractivity contribution in [3.05, 3.63) is 54.6 Å². The van der Waals surface area contributed by atoms with E-state index in [-0.39, 0.29) is 6.04 Å². The van der Waals surface area contributed by atoms with E-state index in [1.807, 2.05) is 24.3 Å². The van der Waals surface area contributed by atoms with Crippen molar-refractivity contribution in [2.45, 2.75) is 18.9 Å². The molecule has 1 atom stereocenters. The number of hydrogen-bond donors (Lipinski definition) is 1. The summed E-state index contributed by atoms with van der Waals surface area (Å²) >= 11 is 17.0. The van der Waals surface area contributed by atoms with Crippen molar-refractivity contribution in [1.29, 1.82) is 0 Å². The highest BCUT2D eigenvalue weighted by Crippen LogP contribution is 2.25. The molecule has 96 valence electrons. The molecule has 0 aliphatic carbocycles.